The Morgan fingerprint density at radius 1 is 1.39 bits per heavy atom. The number of carbonyl (C=O) groups excluding carboxylic acids is 1. The highest BCUT2D eigenvalue weighted by molar-refractivity contribution is 7.92. The fourth-order valence-electron chi connectivity index (χ4n) is 3.89. The summed E-state index contributed by atoms with van der Waals surface area (Å²) in [6, 6.07) is 7.23. The van der Waals surface area contributed by atoms with Gasteiger partial charge in [0.1, 0.15) is 33.0 Å². The van der Waals surface area contributed by atoms with Crippen LogP contribution in [-0.2, 0) is 15.5 Å². The molecule has 4 rings (SSSR count). The first-order valence-electron chi connectivity index (χ1n) is 10.2. The number of nitrogens with two attached hydrogens (primary N) is 1. The molecule has 12 heteroatoms. The molecular formula is C21H21ClFN7O2S. The number of nitrogens with zero attached hydrogens (tertiary/aromatic N) is 5. The third-order valence-electron chi connectivity index (χ3n) is 5.48. The monoisotopic (exact) mass is 489 g/mol. The van der Waals surface area contributed by atoms with Gasteiger partial charge in [-0.25, -0.2) is 22.9 Å². The fourth-order valence-corrected chi connectivity index (χ4v) is 6.64. The molecule has 0 aliphatic carbocycles. The Kier molecular flexibility index (Phi) is 5.99. The molecule has 0 saturated carbocycles. The average molecular weight is 490 g/mol. The van der Waals surface area contributed by atoms with Gasteiger partial charge in [-0.1, -0.05) is 11.6 Å². The van der Waals surface area contributed by atoms with Gasteiger partial charge in [0.25, 0.3) is 5.91 Å². The second kappa shape index (κ2) is 8.61. The second-order valence-corrected chi connectivity index (χ2v) is 10.6. The van der Waals surface area contributed by atoms with Gasteiger partial charge in [-0.15, -0.1) is 0 Å². The van der Waals surface area contributed by atoms with Crippen molar-refractivity contribution in [2.75, 3.05) is 24.2 Å². The maximum absolute atomic E-state index is 14.9. The number of halogens is 2. The Balaban J connectivity index is 1.68. The molecule has 3 heterocycles. The molecule has 0 unspecified atom stereocenters. The van der Waals surface area contributed by atoms with E-state index >= 15 is 0 Å². The van der Waals surface area contributed by atoms with Crippen molar-refractivity contribution in [2.24, 2.45) is 15.1 Å². The number of guanidine groups is 1. The highest BCUT2D eigenvalue weighted by Gasteiger charge is 2.42. The summed E-state index contributed by atoms with van der Waals surface area (Å²) < 4.78 is 34.4. The third kappa shape index (κ3) is 4.36. The molecule has 2 aliphatic rings. The number of hydrogen-bond donors (Lipinski definition) is 2. The summed E-state index contributed by atoms with van der Waals surface area (Å²) >= 11 is 6.07. The van der Waals surface area contributed by atoms with Gasteiger partial charge in [0.05, 0.1) is 22.9 Å². The lowest BCUT2D eigenvalue weighted by Crippen LogP contribution is -2.52. The first kappa shape index (κ1) is 22.9. The predicted molar refractivity (Wildman–Crippen MR) is 124 cm³/mol. The Morgan fingerprint density at radius 3 is 2.91 bits per heavy atom. The summed E-state index contributed by atoms with van der Waals surface area (Å²) in [6.45, 7) is 2.56. The minimum Gasteiger partial charge on any atom is -0.369 e. The van der Waals surface area contributed by atoms with E-state index in [4.69, 9.17) is 22.6 Å². The number of benzene rings is 1. The van der Waals surface area contributed by atoms with Gasteiger partial charge in [-0.2, -0.15) is 5.26 Å². The molecule has 172 valence electrons. The van der Waals surface area contributed by atoms with Crippen LogP contribution in [0.15, 0.2) is 39.8 Å². The maximum atomic E-state index is 14.9. The Morgan fingerprint density at radius 2 is 2.18 bits per heavy atom. The van der Waals surface area contributed by atoms with Gasteiger partial charge >= 0.3 is 0 Å². The second-order valence-electron chi connectivity index (χ2n) is 7.97. The van der Waals surface area contributed by atoms with Gasteiger partial charge in [-0.05, 0) is 44.0 Å². The SMILES string of the molecule is C[C@@]1(c2cc(NC(=O)c3ncc(C#N)cc3Cl)ccc2F)C[S@]2(=O)=NCCCCN2C(N)=N1. The summed E-state index contributed by atoms with van der Waals surface area (Å²) in [7, 11) is -2.89. The van der Waals surface area contributed by atoms with Crippen molar-refractivity contribution in [1.82, 2.24) is 9.29 Å². The van der Waals surface area contributed by atoms with Crippen LogP contribution in [0, 0.1) is 17.1 Å². The molecule has 2 atom stereocenters. The lowest BCUT2D eigenvalue weighted by Gasteiger charge is -2.38. The Labute approximate surface area is 195 Å². The van der Waals surface area contributed by atoms with E-state index in [0.29, 0.717) is 13.1 Å². The van der Waals surface area contributed by atoms with Crippen LogP contribution in [0.2, 0.25) is 5.02 Å². The summed E-state index contributed by atoms with van der Waals surface area (Å²) in [5.41, 5.74) is 5.42. The number of nitrogens with one attached hydrogen (secondary N) is 1. The first-order valence-corrected chi connectivity index (χ1v) is 12.2. The number of fused-ring (bicyclic) bond motifs is 1. The van der Waals surface area contributed by atoms with Crippen LogP contribution in [0.3, 0.4) is 0 Å². The topological polar surface area (TPSA) is 137 Å². The molecule has 1 aromatic heterocycles. The van der Waals surface area contributed by atoms with E-state index in [1.165, 1.54) is 34.8 Å². The Hall–Kier alpha value is -3.23. The highest BCUT2D eigenvalue weighted by atomic mass is 35.5. The molecule has 1 amide bonds. The normalized spacial score (nSPS) is 24.5. The molecule has 0 fully saturated rings. The van der Waals surface area contributed by atoms with E-state index in [1.54, 1.807) is 6.92 Å². The highest BCUT2D eigenvalue weighted by Crippen LogP contribution is 2.36. The van der Waals surface area contributed by atoms with Gasteiger partial charge in [0, 0.05) is 24.0 Å². The average Bonchev–Trinajstić information content (AvgIpc) is 2.95. The van der Waals surface area contributed by atoms with E-state index in [1.807, 2.05) is 6.07 Å². The lowest BCUT2D eigenvalue weighted by molar-refractivity contribution is 0.102. The van der Waals surface area contributed by atoms with Gasteiger partial charge < -0.3 is 11.1 Å². The fraction of sp³-hybridized carbons (Fsp3) is 0.333. The standard InChI is InChI=1S/C21H21ClFN7O2S/c1-21(12-33(32)27-6-2-3-7-30(33)20(25)29-21)15-9-14(4-5-17(15)23)28-19(31)18-16(22)8-13(10-24)11-26-18/h4-5,8-9,11H,2-3,6-7,12H2,1H3,(H2,25,29)(H,28,31)/t21-,33-/m0/s1. The Bertz CT molecular complexity index is 1330. The van der Waals surface area contributed by atoms with Crippen molar-refractivity contribution in [1.29, 1.82) is 5.26 Å². The van der Waals surface area contributed by atoms with Gasteiger partial charge in [0.2, 0.25) is 5.96 Å². The minimum absolute atomic E-state index is 0.0115. The number of aliphatic imine (C=N–C) groups is 1. The van der Waals surface area contributed by atoms with Crippen molar-refractivity contribution >= 4 is 39.1 Å². The van der Waals surface area contributed by atoms with Crippen molar-refractivity contribution in [3.63, 3.8) is 0 Å². The number of aromatic nitrogens is 1. The maximum Gasteiger partial charge on any atom is 0.275 e. The van der Waals surface area contributed by atoms with E-state index < -0.39 is 27.2 Å². The molecule has 3 N–H and O–H groups in total. The summed E-state index contributed by atoms with van der Waals surface area (Å²) in [4.78, 5) is 21.1. The molecule has 0 spiro atoms. The summed E-state index contributed by atoms with van der Waals surface area (Å²) in [6.07, 6.45) is 2.81. The minimum atomic E-state index is -2.89. The van der Waals surface area contributed by atoms with E-state index in [0.717, 1.165) is 12.8 Å². The number of carbonyl (C=O) groups is 1. The number of amides is 1. The van der Waals surface area contributed by atoms with Crippen LogP contribution in [0.1, 0.15) is 41.4 Å². The molecule has 0 saturated heterocycles. The van der Waals surface area contributed by atoms with Crippen molar-refractivity contribution in [2.45, 2.75) is 25.3 Å². The van der Waals surface area contributed by atoms with E-state index in [-0.39, 0.29) is 39.2 Å². The number of hydrogen-bond acceptors (Lipinski definition) is 7. The van der Waals surface area contributed by atoms with Gasteiger partial charge in [0.15, 0.2) is 0 Å². The van der Waals surface area contributed by atoms with Crippen LogP contribution < -0.4 is 11.1 Å². The molecule has 2 aliphatic heterocycles. The van der Waals surface area contributed by atoms with Crippen LogP contribution >= 0.6 is 11.6 Å². The zero-order chi connectivity index (χ0) is 23.8. The quantitative estimate of drug-likeness (QED) is 0.682. The van der Waals surface area contributed by atoms with Crippen molar-refractivity contribution < 1.29 is 13.4 Å². The molecular weight excluding hydrogens is 469 g/mol. The van der Waals surface area contributed by atoms with Crippen molar-refractivity contribution in [3.05, 3.63) is 58.1 Å². The summed E-state index contributed by atoms with van der Waals surface area (Å²) in [5.74, 6) is -1.18. The number of pyridine rings is 1. The van der Waals surface area contributed by atoms with Crippen molar-refractivity contribution in [3.8, 4) is 6.07 Å². The molecule has 0 radical (unpaired) electrons. The van der Waals surface area contributed by atoms with Crippen LogP contribution in [0.5, 0.6) is 0 Å². The van der Waals surface area contributed by atoms with Crippen LogP contribution in [0.4, 0.5) is 10.1 Å². The lowest BCUT2D eigenvalue weighted by atomic mass is 9.93. The molecule has 1 aromatic carbocycles. The molecule has 9 nitrogen and oxygen atoms in total. The van der Waals surface area contributed by atoms with Crippen LogP contribution in [-0.4, -0.2) is 44.2 Å². The molecule has 0 bridgehead atoms. The van der Waals surface area contributed by atoms with Gasteiger partial charge in [-0.3, -0.25) is 9.10 Å². The van der Waals surface area contributed by atoms with E-state index in [9.17, 15) is 13.4 Å². The third-order valence-corrected chi connectivity index (χ3v) is 8.35. The van der Waals surface area contributed by atoms with E-state index in [2.05, 4.69) is 19.7 Å². The zero-order valence-electron chi connectivity index (χ0n) is 17.7. The number of anilines is 1. The first-order chi connectivity index (χ1) is 15.6. The predicted octanol–water partition coefficient (Wildman–Crippen LogP) is 3.02. The largest absolute Gasteiger partial charge is 0.369 e. The molecule has 33 heavy (non-hydrogen) atoms. The van der Waals surface area contributed by atoms with Crippen LogP contribution in [0.25, 0.3) is 0 Å². The smallest absolute Gasteiger partial charge is 0.275 e. The number of rotatable bonds is 3. The zero-order valence-corrected chi connectivity index (χ0v) is 19.3. The number of nitriles is 1. The summed E-state index contributed by atoms with van der Waals surface area (Å²) in [5, 5.41) is 11.6. The molecule has 2 aromatic rings.